The minimum atomic E-state index is -3.42. The number of imidazole rings is 1. The van der Waals surface area contributed by atoms with Gasteiger partial charge in [-0.25, -0.2) is 9.37 Å². The lowest BCUT2D eigenvalue weighted by molar-refractivity contribution is -0.116. The van der Waals surface area contributed by atoms with Crippen LogP contribution in [-0.4, -0.2) is 67.2 Å². The Kier molecular flexibility index (Phi) is 6.17. The minimum absolute atomic E-state index is 0.0806. The molecule has 1 fully saturated rings. The number of hydrogen-bond donors (Lipinski definition) is 3. The summed E-state index contributed by atoms with van der Waals surface area (Å²) < 4.78 is 42.8. The SMILES string of the molecule is CCOc1nc(N)nc2c1ncn2[C@@H]1O[C@](CN=[N+]=[N-])(CO[PH](=O)O)[C@@H](O)[C@H]1F. The number of anilines is 1. The lowest BCUT2D eigenvalue weighted by Crippen LogP contribution is -2.48. The molecule has 1 saturated heterocycles. The van der Waals surface area contributed by atoms with E-state index in [9.17, 15) is 9.67 Å². The largest absolute Gasteiger partial charge is 0.476 e. The van der Waals surface area contributed by atoms with Crippen molar-refractivity contribution in [2.75, 3.05) is 25.5 Å². The molecule has 3 rings (SSSR count). The average Bonchev–Trinajstić information content (AvgIpc) is 3.20. The quantitative estimate of drug-likeness (QED) is 0.228. The molecular formula is C13H18FN8O6P. The zero-order valence-corrected chi connectivity index (χ0v) is 16.0. The molecule has 1 aliphatic heterocycles. The number of aliphatic hydroxyl groups excluding tert-OH is 1. The molecule has 1 unspecified atom stereocenters. The monoisotopic (exact) mass is 432 g/mol. The summed E-state index contributed by atoms with van der Waals surface area (Å²) in [5.41, 5.74) is 12.6. The van der Waals surface area contributed by atoms with Crippen molar-refractivity contribution >= 4 is 25.4 Å². The second-order valence-electron chi connectivity index (χ2n) is 6.05. The van der Waals surface area contributed by atoms with E-state index in [4.69, 9.17) is 25.6 Å². The van der Waals surface area contributed by atoms with Gasteiger partial charge in [0.2, 0.25) is 11.8 Å². The molecule has 2 aromatic rings. The van der Waals surface area contributed by atoms with Gasteiger partial charge >= 0.3 is 8.25 Å². The molecule has 0 saturated carbocycles. The number of aromatic nitrogens is 4. The summed E-state index contributed by atoms with van der Waals surface area (Å²) in [7, 11) is -3.42. The first-order valence-electron chi connectivity index (χ1n) is 8.32. The van der Waals surface area contributed by atoms with E-state index in [0.29, 0.717) is 0 Å². The van der Waals surface area contributed by atoms with Crippen LogP contribution in [0.3, 0.4) is 0 Å². The van der Waals surface area contributed by atoms with Crippen LogP contribution in [-0.2, 0) is 13.8 Å². The normalized spacial score (nSPS) is 27.7. The molecule has 14 nitrogen and oxygen atoms in total. The van der Waals surface area contributed by atoms with Crippen molar-refractivity contribution in [2.24, 2.45) is 5.11 Å². The van der Waals surface area contributed by atoms with E-state index >= 15 is 4.39 Å². The zero-order chi connectivity index (χ0) is 21.2. The molecule has 0 radical (unpaired) electrons. The third-order valence-corrected chi connectivity index (χ3v) is 4.66. The highest BCUT2D eigenvalue weighted by Crippen LogP contribution is 2.42. The maximum atomic E-state index is 15.0. The van der Waals surface area contributed by atoms with E-state index in [1.54, 1.807) is 6.92 Å². The maximum Gasteiger partial charge on any atom is 0.316 e. The molecule has 0 aliphatic carbocycles. The number of aliphatic hydroxyl groups is 1. The van der Waals surface area contributed by atoms with Crippen molar-refractivity contribution in [3.63, 3.8) is 0 Å². The van der Waals surface area contributed by atoms with Gasteiger partial charge in [-0.05, 0) is 12.5 Å². The van der Waals surface area contributed by atoms with Gasteiger partial charge < -0.3 is 29.7 Å². The topological polar surface area (TPSA) is 204 Å². The molecule has 4 N–H and O–H groups in total. The number of alkyl halides is 1. The zero-order valence-electron chi connectivity index (χ0n) is 15.0. The highest BCUT2D eigenvalue weighted by Gasteiger charge is 2.56. The van der Waals surface area contributed by atoms with E-state index in [0.717, 1.165) is 0 Å². The lowest BCUT2D eigenvalue weighted by Gasteiger charge is -2.29. The molecule has 0 bridgehead atoms. The Balaban J connectivity index is 2.03. The number of nitrogens with two attached hydrogens (primary N) is 1. The fourth-order valence-corrected chi connectivity index (χ4v) is 3.36. The van der Waals surface area contributed by atoms with Crippen LogP contribution >= 0.6 is 8.25 Å². The number of fused-ring (bicyclic) bond motifs is 1. The Hall–Kier alpha value is -2.54. The van der Waals surface area contributed by atoms with Crippen molar-refractivity contribution in [3.05, 3.63) is 16.8 Å². The van der Waals surface area contributed by atoms with Gasteiger partial charge in [-0.2, -0.15) is 9.97 Å². The van der Waals surface area contributed by atoms with Gasteiger partial charge in [0.15, 0.2) is 23.6 Å². The van der Waals surface area contributed by atoms with E-state index in [-0.39, 0.29) is 29.6 Å². The Morgan fingerprint density at radius 3 is 3.00 bits per heavy atom. The van der Waals surface area contributed by atoms with Gasteiger partial charge in [0, 0.05) is 4.91 Å². The van der Waals surface area contributed by atoms with Gasteiger partial charge in [-0.1, -0.05) is 5.11 Å². The van der Waals surface area contributed by atoms with Crippen LogP contribution in [0.15, 0.2) is 11.4 Å². The van der Waals surface area contributed by atoms with Crippen LogP contribution in [0.1, 0.15) is 13.2 Å². The highest BCUT2D eigenvalue weighted by atomic mass is 31.1. The molecule has 2 aromatic heterocycles. The molecule has 16 heteroatoms. The second-order valence-corrected chi connectivity index (χ2v) is 6.87. The van der Waals surface area contributed by atoms with Gasteiger partial charge in [-0.15, -0.1) is 0 Å². The molecule has 0 aromatic carbocycles. The standard InChI is InChI=1S/C13H18FN8O6P/c1-2-26-10-7-9(19-12(15)20-10)22(5-17-7)11-6(14)8(23)13(28-11,3-18-21-16)4-27-29(24)25/h5-6,8,11,23,29H,2-4H2,1H3,(H,24,25)(H2,15,19,20)/t6-,8+,11-,13-/m1/s1. The predicted molar refractivity (Wildman–Crippen MR) is 95.8 cm³/mol. The van der Waals surface area contributed by atoms with Gasteiger partial charge in [0.05, 0.1) is 26.1 Å². The van der Waals surface area contributed by atoms with Crippen molar-refractivity contribution in [1.82, 2.24) is 19.5 Å². The van der Waals surface area contributed by atoms with E-state index in [1.807, 2.05) is 0 Å². The van der Waals surface area contributed by atoms with Crippen LogP contribution < -0.4 is 10.5 Å². The number of hydrogen-bond acceptors (Lipinski definition) is 10. The van der Waals surface area contributed by atoms with E-state index < -0.39 is 45.5 Å². The molecule has 1 aliphatic rings. The second kappa shape index (κ2) is 8.45. The number of halogens is 1. The van der Waals surface area contributed by atoms with Crippen LogP contribution in [0.4, 0.5) is 10.3 Å². The molecular weight excluding hydrogens is 414 g/mol. The summed E-state index contributed by atoms with van der Waals surface area (Å²) in [4.78, 5) is 23.6. The summed E-state index contributed by atoms with van der Waals surface area (Å²) >= 11 is 0. The minimum Gasteiger partial charge on any atom is -0.476 e. The maximum absolute atomic E-state index is 15.0. The average molecular weight is 432 g/mol. The predicted octanol–water partition coefficient (Wildman–Crippen LogP) is 0.483. The first-order valence-corrected chi connectivity index (χ1v) is 9.58. The summed E-state index contributed by atoms with van der Waals surface area (Å²) in [6.45, 7) is 0.763. The third kappa shape index (κ3) is 3.96. The summed E-state index contributed by atoms with van der Waals surface area (Å²) in [6, 6.07) is 0. The number of rotatable bonds is 8. The molecule has 158 valence electrons. The molecule has 0 spiro atoms. The third-order valence-electron chi connectivity index (χ3n) is 4.27. The van der Waals surface area contributed by atoms with Crippen molar-refractivity contribution in [1.29, 1.82) is 0 Å². The molecule has 29 heavy (non-hydrogen) atoms. The number of nitrogens with zero attached hydrogens (tertiary/aromatic N) is 7. The van der Waals surface area contributed by atoms with Crippen LogP contribution in [0, 0.1) is 0 Å². The lowest BCUT2D eigenvalue weighted by atomic mass is 9.97. The Labute approximate surface area is 163 Å². The summed E-state index contributed by atoms with van der Waals surface area (Å²) in [5.74, 6) is -0.0653. The van der Waals surface area contributed by atoms with Crippen molar-refractivity contribution in [2.45, 2.75) is 31.0 Å². The highest BCUT2D eigenvalue weighted by molar-refractivity contribution is 7.32. The van der Waals surface area contributed by atoms with E-state index in [1.165, 1.54) is 10.9 Å². The van der Waals surface area contributed by atoms with Gasteiger partial charge in [0.25, 0.3) is 0 Å². The van der Waals surface area contributed by atoms with Crippen LogP contribution in [0.2, 0.25) is 0 Å². The Morgan fingerprint density at radius 2 is 2.34 bits per heavy atom. The summed E-state index contributed by atoms with van der Waals surface area (Å²) in [6.07, 6.45) is -4.16. The van der Waals surface area contributed by atoms with Gasteiger partial charge in [-0.3, -0.25) is 9.13 Å². The summed E-state index contributed by atoms with van der Waals surface area (Å²) in [5, 5.41) is 13.7. The van der Waals surface area contributed by atoms with Crippen LogP contribution in [0.25, 0.3) is 21.6 Å². The first-order chi connectivity index (χ1) is 13.8. The first kappa shape index (κ1) is 21.2. The molecule has 3 heterocycles. The Morgan fingerprint density at radius 1 is 1.59 bits per heavy atom. The van der Waals surface area contributed by atoms with Crippen molar-refractivity contribution in [3.8, 4) is 5.88 Å². The van der Waals surface area contributed by atoms with Crippen molar-refractivity contribution < 1.29 is 33.0 Å². The van der Waals surface area contributed by atoms with E-state index in [2.05, 4.69) is 29.5 Å². The fraction of sp³-hybridized carbons (Fsp3) is 0.615. The number of nitrogen functional groups attached to an aromatic ring is 1. The Bertz CT molecular complexity index is 970. The van der Waals surface area contributed by atoms with Gasteiger partial charge in [0.1, 0.15) is 11.7 Å². The molecule has 5 atom stereocenters. The van der Waals surface area contributed by atoms with Crippen LogP contribution in [0.5, 0.6) is 5.88 Å². The smallest absolute Gasteiger partial charge is 0.316 e. The number of ether oxygens (including phenoxy) is 2. The molecule has 0 amide bonds. The number of azide groups is 1. The fourth-order valence-electron chi connectivity index (χ4n) is 2.99.